The molecule has 9 nitrogen and oxygen atoms in total. The largest absolute Gasteiger partial charge is 0.472 e. The lowest BCUT2D eigenvalue weighted by Gasteiger charge is -2.24. The smallest absolute Gasteiger partial charge is 0.462 e. The Labute approximate surface area is 479 Å². The monoisotopic (exact) mass is 1110 g/mol. The summed E-state index contributed by atoms with van der Waals surface area (Å²) in [6.45, 7) is 4.47. The number of likely N-dealkylation sites (N-methyl/N-ethyl adjacent to an activating group) is 1. The van der Waals surface area contributed by atoms with Crippen molar-refractivity contribution in [2.75, 3.05) is 47.5 Å². The van der Waals surface area contributed by atoms with E-state index in [1.165, 1.54) is 270 Å². The van der Waals surface area contributed by atoms with Gasteiger partial charge >= 0.3 is 19.8 Å². The first-order valence-corrected chi connectivity index (χ1v) is 35.4. The fraction of sp³-hybridized carbons (Fsp3) is 0.940. The van der Waals surface area contributed by atoms with Gasteiger partial charge in [-0.15, -0.1) is 0 Å². The zero-order valence-electron chi connectivity index (χ0n) is 52.2. The molecule has 0 saturated heterocycles. The topological polar surface area (TPSA) is 108 Å². The highest BCUT2D eigenvalue weighted by atomic mass is 31.2. The molecule has 0 aromatic rings. The van der Waals surface area contributed by atoms with E-state index >= 15 is 0 Å². The average molecular weight is 1110 g/mol. The van der Waals surface area contributed by atoms with Crippen LogP contribution in [0.1, 0.15) is 354 Å². The molecule has 0 heterocycles. The van der Waals surface area contributed by atoms with Gasteiger partial charge in [-0.25, -0.2) is 4.57 Å². The zero-order valence-corrected chi connectivity index (χ0v) is 53.1. The SMILES string of the molecule is CCCCCCC/C=C\CCCCCCCC(=O)OC(COC(=O)CCCCCCCCCCCCCCCCCCCCCCCCCCCCCCCCCCCCCCCCC)COP(=O)(O)OCC[N+](C)(C)C. The molecule has 2 atom stereocenters. The fourth-order valence-electron chi connectivity index (χ4n) is 10.3. The predicted octanol–water partition coefficient (Wildman–Crippen LogP) is 21.6. The van der Waals surface area contributed by atoms with E-state index in [0.29, 0.717) is 23.9 Å². The number of allylic oxidation sites excluding steroid dienone is 2. The summed E-state index contributed by atoms with van der Waals surface area (Å²) in [5, 5.41) is 0. The summed E-state index contributed by atoms with van der Waals surface area (Å²) in [5.74, 6) is -0.789. The van der Waals surface area contributed by atoms with E-state index in [1.54, 1.807) is 0 Å². The Kier molecular flexibility index (Phi) is 58.4. The van der Waals surface area contributed by atoms with Crippen molar-refractivity contribution in [3.63, 3.8) is 0 Å². The number of phosphoric acid groups is 1. The van der Waals surface area contributed by atoms with E-state index in [0.717, 1.165) is 51.4 Å². The van der Waals surface area contributed by atoms with Gasteiger partial charge in [0.25, 0.3) is 0 Å². The van der Waals surface area contributed by atoms with Crippen molar-refractivity contribution in [1.29, 1.82) is 0 Å². The van der Waals surface area contributed by atoms with E-state index in [-0.39, 0.29) is 25.6 Å². The normalized spacial score (nSPS) is 13.2. The Bertz CT molecular complexity index is 1300. The van der Waals surface area contributed by atoms with Crippen molar-refractivity contribution < 1.29 is 42.1 Å². The van der Waals surface area contributed by atoms with Crippen LogP contribution >= 0.6 is 7.82 Å². The van der Waals surface area contributed by atoms with Gasteiger partial charge in [0.05, 0.1) is 27.7 Å². The molecule has 0 aliphatic carbocycles. The molecule has 0 rings (SSSR count). The third kappa shape index (κ3) is 63.8. The molecular weight excluding hydrogens is 978 g/mol. The number of hydrogen-bond acceptors (Lipinski definition) is 7. The third-order valence-electron chi connectivity index (χ3n) is 15.5. The van der Waals surface area contributed by atoms with E-state index in [2.05, 4.69) is 26.0 Å². The Morgan fingerprint density at radius 3 is 0.961 bits per heavy atom. The third-order valence-corrected chi connectivity index (χ3v) is 16.5. The average Bonchev–Trinajstić information content (AvgIpc) is 3.39. The summed E-state index contributed by atoms with van der Waals surface area (Å²) in [7, 11) is 1.49. The van der Waals surface area contributed by atoms with E-state index in [1.807, 2.05) is 21.1 Å². The molecule has 1 N–H and O–H groups in total. The number of nitrogens with zero attached hydrogens (tertiary/aromatic N) is 1. The standard InChI is InChI=1S/C67H132NO8P/c1-6-8-10-12-14-16-18-20-22-23-24-25-26-27-28-29-30-31-32-33-34-35-36-37-38-39-40-41-42-43-44-45-46-48-49-51-53-55-57-59-66(69)73-63-65(64-75-77(71,72)74-62-61-68(3,4)5)76-67(70)60-58-56-54-52-50-47-21-19-17-15-13-11-9-7-2/h19,21,65H,6-18,20,22-64H2,1-5H3/p+1/b21-19-. The number of phosphoric ester groups is 1. The maximum Gasteiger partial charge on any atom is 0.472 e. The van der Waals surface area contributed by atoms with Gasteiger partial charge in [0.15, 0.2) is 6.10 Å². The van der Waals surface area contributed by atoms with Gasteiger partial charge in [-0.05, 0) is 38.5 Å². The molecule has 0 bridgehead atoms. The van der Waals surface area contributed by atoms with E-state index in [9.17, 15) is 19.0 Å². The molecule has 0 spiro atoms. The second-order valence-corrected chi connectivity index (χ2v) is 26.0. The van der Waals surface area contributed by atoms with Crippen LogP contribution in [0.4, 0.5) is 0 Å². The first kappa shape index (κ1) is 75.8. The zero-order chi connectivity index (χ0) is 56.3. The Morgan fingerprint density at radius 2 is 0.662 bits per heavy atom. The van der Waals surface area contributed by atoms with Gasteiger partial charge in [0, 0.05) is 12.8 Å². The molecule has 0 amide bonds. The van der Waals surface area contributed by atoms with Crippen molar-refractivity contribution in [3.8, 4) is 0 Å². The number of hydrogen-bond donors (Lipinski definition) is 1. The second-order valence-electron chi connectivity index (χ2n) is 24.6. The summed E-state index contributed by atoms with van der Waals surface area (Å²) in [6, 6.07) is 0. The number of rotatable bonds is 64. The molecule has 0 aliphatic heterocycles. The molecule has 0 fully saturated rings. The van der Waals surface area contributed by atoms with E-state index < -0.39 is 26.5 Å². The lowest BCUT2D eigenvalue weighted by atomic mass is 10.0. The Balaban J connectivity index is 3.81. The molecule has 2 unspecified atom stereocenters. The van der Waals surface area contributed by atoms with Crippen molar-refractivity contribution in [1.82, 2.24) is 0 Å². The lowest BCUT2D eigenvalue weighted by molar-refractivity contribution is -0.870. The van der Waals surface area contributed by atoms with Gasteiger partial charge in [0.1, 0.15) is 19.8 Å². The molecule has 0 aliphatic rings. The maximum atomic E-state index is 12.8. The molecule has 458 valence electrons. The molecule has 10 heteroatoms. The fourth-order valence-corrected chi connectivity index (χ4v) is 11.1. The number of carbonyl (C=O) groups is 2. The molecule has 0 saturated carbocycles. The lowest BCUT2D eigenvalue weighted by Crippen LogP contribution is -2.37. The van der Waals surface area contributed by atoms with Crippen LogP contribution in [-0.2, 0) is 32.7 Å². The minimum Gasteiger partial charge on any atom is -0.462 e. The van der Waals surface area contributed by atoms with Crippen LogP contribution in [-0.4, -0.2) is 74.9 Å². The number of esters is 2. The molecule has 0 radical (unpaired) electrons. The molecular formula is C67H133NO8P+. The Hall–Kier alpha value is -1.25. The van der Waals surface area contributed by atoms with Gasteiger partial charge in [-0.1, -0.05) is 315 Å². The van der Waals surface area contributed by atoms with Gasteiger partial charge in [-0.2, -0.15) is 0 Å². The second kappa shape index (κ2) is 59.4. The summed E-state index contributed by atoms with van der Waals surface area (Å²) in [5.41, 5.74) is 0. The summed E-state index contributed by atoms with van der Waals surface area (Å²) in [4.78, 5) is 35.7. The van der Waals surface area contributed by atoms with E-state index in [4.69, 9.17) is 18.5 Å². The Morgan fingerprint density at radius 1 is 0.390 bits per heavy atom. The van der Waals surface area contributed by atoms with Crippen LogP contribution in [0.2, 0.25) is 0 Å². The van der Waals surface area contributed by atoms with Crippen molar-refractivity contribution in [2.45, 2.75) is 360 Å². The van der Waals surface area contributed by atoms with Gasteiger partial charge in [0.2, 0.25) is 0 Å². The predicted molar refractivity (Wildman–Crippen MR) is 331 cm³/mol. The van der Waals surface area contributed by atoms with Crippen LogP contribution in [0.15, 0.2) is 12.2 Å². The highest BCUT2D eigenvalue weighted by Gasteiger charge is 2.27. The molecule has 0 aromatic heterocycles. The summed E-state index contributed by atoms with van der Waals surface area (Å²) >= 11 is 0. The first-order chi connectivity index (χ1) is 37.5. The van der Waals surface area contributed by atoms with Crippen LogP contribution in [0.3, 0.4) is 0 Å². The van der Waals surface area contributed by atoms with Crippen LogP contribution in [0.5, 0.6) is 0 Å². The number of carbonyl (C=O) groups excluding carboxylic acids is 2. The number of quaternary nitrogens is 1. The highest BCUT2D eigenvalue weighted by Crippen LogP contribution is 2.43. The minimum absolute atomic E-state index is 0.0337. The van der Waals surface area contributed by atoms with Crippen molar-refractivity contribution in [2.24, 2.45) is 0 Å². The summed E-state index contributed by atoms with van der Waals surface area (Å²) < 4.78 is 34.6. The minimum atomic E-state index is -4.38. The molecule has 77 heavy (non-hydrogen) atoms. The molecule has 0 aromatic carbocycles. The van der Waals surface area contributed by atoms with Crippen LogP contribution in [0.25, 0.3) is 0 Å². The number of unbranched alkanes of at least 4 members (excludes halogenated alkanes) is 48. The van der Waals surface area contributed by atoms with Crippen molar-refractivity contribution >= 4 is 19.8 Å². The van der Waals surface area contributed by atoms with Gasteiger partial charge in [-0.3, -0.25) is 18.6 Å². The van der Waals surface area contributed by atoms with Gasteiger partial charge < -0.3 is 18.9 Å². The van der Waals surface area contributed by atoms with Crippen LogP contribution < -0.4 is 0 Å². The summed E-state index contributed by atoms with van der Waals surface area (Å²) in [6.07, 6.45) is 72.1. The van der Waals surface area contributed by atoms with Crippen molar-refractivity contribution in [3.05, 3.63) is 12.2 Å². The first-order valence-electron chi connectivity index (χ1n) is 33.9. The maximum absolute atomic E-state index is 12.8. The van der Waals surface area contributed by atoms with Crippen LogP contribution in [0, 0.1) is 0 Å². The number of ether oxygens (including phenoxy) is 2. The quantitative estimate of drug-likeness (QED) is 0.0211. The highest BCUT2D eigenvalue weighted by molar-refractivity contribution is 7.47.